The van der Waals surface area contributed by atoms with E-state index >= 15 is 0 Å². The van der Waals surface area contributed by atoms with E-state index in [-0.39, 0.29) is 18.6 Å². The number of aliphatic carboxylic acids is 1. The highest BCUT2D eigenvalue weighted by Gasteiger charge is 2.27. The largest absolute Gasteiger partial charge is 0.493 e. The van der Waals surface area contributed by atoms with Gasteiger partial charge in [-0.3, -0.25) is 9.69 Å². The number of amides is 2. The maximum atomic E-state index is 12.5. The quantitative estimate of drug-likeness (QED) is 0.676. The standard InChI is InChI=1S/C21H33N3O4/c1-4-23(14-20(25)26)18-8-10-24(11-9-18)21(27)22-13-17-6-5-7-19(12-17)28-15-16(2)3/h5-7,12,16,18H,4,8-11,13-15H2,1-3H3,(H,22,27)(H,25,26). The third-order valence-corrected chi connectivity index (χ3v) is 4.94. The zero-order chi connectivity index (χ0) is 20.5. The summed E-state index contributed by atoms with van der Waals surface area (Å²) >= 11 is 0. The van der Waals surface area contributed by atoms with Crippen molar-refractivity contribution in [2.45, 2.75) is 46.2 Å². The number of rotatable bonds is 9. The molecule has 0 aromatic heterocycles. The summed E-state index contributed by atoms with van der Waals surface area (Å²) in [5.74, 6) is 0.478. The van der Waals surface area contributed by atoms with Crippen molar-refractivity contribution in [3.05, 3.63) is 29.8 Å². The van der Waals surface area contributed by atoms with Gasteiger partial charge in [0.1, 0.15) is 5.75 Å². The number of nitrogens with one attached hydrogen (secondary N) is 1. The number of nitrogens with zero attached hydrogens (tertiary/aromatic N) is 2. The van der Waals surface area contributed by atoms with Crippen molar-refractivity contribution in [3.8, 4) is 5.75 Å². The Labute approximate surface area is 167 Å². The third-order valence-electron chi connectivity index (χ3n) is 4.94. The van der Waals surface area contributed by atoms with E-state index in [2.05, 4.69) is 19.2 Å². The number of carboxylic acids is 1. The van der Waals surface area contributed by atoms with Crippen LogP contribution in [0.1, 0.15) is 39.2 Å². The molecule has 7 heteroatoms. The van der Waals surface area contributed by atoms with Gasteiger partial charge in [-0.05, 0) is 43.0 Å². The molecule has 1 saturated heterocycles. The lowest BCUT2D eigenvalue weighted by atomic mass is 10.0. The van der Waals surface area contributed by atoms with Crippen LogP contribution in [0.15, 0.2) is 24.3 Å². The number of urea groups is 1. The van der Waals surface area contributed by atoms with Gasteiger partial charge in [-0.15, -0.1) is 0 Å². The number of benzene rings is 1. The third kappa shape index (κ3) is 7.03. The lowest BCUT2D eigenvalue weighted by Crippen LogP contribution is -2.50. The monoisotopic (exact) mass is 391 g/mol. The fraction of sp³-hybridized carbons (Fsp3) is 0.619. The summed E-state index contributed by atoms with van der Waals surface area (Å²) in [5.41, 5.74) is 1.00. The van der Waals surface area contributed by atoms with Crippen molar-refractivity contribution < 1.29 is 19.4 Å². The zero-order valence-corrected chi connectivity index (χ0v) is 17.2. The van der Waals surface area contributed by atoms with Gasteiger partial charge in [-0.25, -0.2) is 4.79 Å². The highest BCUT2D eigenvalue weighted by atomic mass is 16.5. The summed E-state index contributed by atoms with van der Waals surface area (Å²) < 4.78 is 5.73. The Morgan fingerprint density at radius 1 is 1.32 bits per heavy atom. The summed E-state index contributed by atoms with van der Waals surface area (Å²) in [6, 6.07) is 7.94. The summed E-state index contributed by atoms with van der Waals surface area (Å²) in [6.07, 6.45) is 1.60. The Morgan fingerprint density at radius 3 is 2.64 bits per heavy atom. The minimum Gasteiger partial charge on any atom is -0.493 e. The topological polar surface area (TPSA) is 82.1 Å². The van der Waals surface area contributed by atoms with Gasteiger partial charge in [0.2, 0.25) is 0 Å². The number of ether oxygens (including phenoxy) is 1. The number of carboxylic acid groups (broad SMARTS) is 1. The normalized spacial score (nSPS) is 15.1. The van der Waals surface area contributed by atoms with Gasteiger partial charge < -0.3 is 20.1 Å². The number of hydrogen-bond donors (Lipinski definition) is 2. The Balaban J connectivity index is 1.78. The minimum atomic E-state index is -0.804. The van der Waals surface area contributed by atoms with Crippen molar-refractivity contribution in [2.24, 2.45) is 5.92 Å². The van der Waals surface area contributed by atoms with Crippen LogP contribution in [-0.4, -0.2) is 65.7 Å². The molecule has 1 aromatic carbocycles. The SMILES string of the molecule is CCN(CC(=O)O)C1CCN(C(=O)NCc2cccc(OCC(C)C)c2)CC1. The van der Waals surface area contributed by atoms with Crippen LogP contribution in [-0.2, 0) is 11.3 Å². The molecule has 0 aliphatic carbocycles. The fourth-order valence-electron chi connectivity index (χ4n) is 3.40. The fourth-order valence-corrected chi connectivity index (χ4v) is 3.40. The van der Waals surface area contributed by atoms with E-state index in [1.165, 1.54) is 0 Å². The Hall–Kier alpha value is -2.28. The number of carbonyl (C=O) groups excluding carboxylic acids is 1. The average molecular weight is 392 g/mol. The molecule has 2 amide bonds. The second kappa shape index (κ2) is 10.9. The Morgan fingerprint density at radius 2 is 2.04 bits per heavy atom. The van der Waals surface area contributed by atoms with Crippen molar-refractivity contribution in [1.29, 1.82) is 0 Å². The van der Waals surface area contributed by atoms with E-state index in [9.17, 15) is 9.59 Å². The van der Waals surface area contributed by atoms with Crippen LogP contribution in [0.4, 0.5) is 4.79 Å². The van der Waals surface area contributed by atoms with E-state index in [0.717, 1.165) is 24.2 Å². The molecule has 1 aliphatic heterocycles. The van der Waals surface area contributed by atoms with Crippen LogP contribution >= 0.6 is 0 Å². The van der Waals surface area contributed by atoms with Gasteiger partial charge in [0.05, 0.1) is 13.2 Å². The first-order valence-corrected chi connectivity index (χ1v) is 10.1. The predicted molar refractivity (Wildman–Crippen MR) is 108 cm³/mol. The molecule has 0 radical (unpaired) electrons. The highest BCUT2D eigenvalue weighted by Crippen LogP contribution is 2.17. The van der Waals surface area contributed by atoms with Crippen LogP contribution in [0.2, 0.25) is 0 Å². The molecule has 0 spiro atoms. The van der Waals surface area contributed by atoms with Crippen molar-refractivity contribution in [3.63, 3.8) is 0 Å². The molecule has 0 saturated carbocycles. The van der Waals surface area contributed by atoms with Gasteiger partial charge >= 0.3 is 12.0 Å². The Kier molecular flexibility index (Phi) is 8.57. The zero-order valence-electron chi connectivity index (χ0n) is 17.2. The van der Waals surface area contributed by atoms with Crippen LogP contribution in [0.5, 0.6) is 5.75 Å². The molecule has 1 aliphatic rings. The van der Waals surface area contributed by atoms with Crippen molar-refractivity contribution in [1.82, 2.24) is 15.1 Å². The molecule has 7 nitrogen and oxygen atoms in total. The number of likely N-dealkylation sites (tertiary alicyclic amines) is 1. The first kappa shape index (κ1) is 22.0. The van der Waals surface area contributed by atoms with Crippen LogP contribution < -0.4 is 10.1 Å². The minimum absolute atomic E-state index is 0.0581. The first-order valence-electron chi connectivity index (χ1n) is 10.1. The first-order chi connectivity index (χ1) is 13.4. The molecule has 2 N–H and O–H groups in total. The van der Waals surface area contributed by atoms with Crippen LogP contribution in [0.25, 0.3) is 0 Å². The van der Waals surface area contributed by atoms with Crippen molar-refractivity contribution in [2.75, 3.05) is 32.8 Å². The van der Waals surface area contributed by atoms with Gasteiger partial charge in [0.25, 0.3) is 0 Å². The van der Waals surface area contributed by atoms with E-state index < -0.39 is 5.97 Å². The number of hydrogen-bond acceptors (Lipinski definition) is 4. The molecule has 0 unspecified atom stereocenters. The molecule has 156 valence electrons. The number of likely N-dealkylation sites (N-methyl/N-ethyl adjacent to an activating group) is 1. The average Bonchev–Trinajstić information content (AvgIpc) is 2.69. The summed E-state index contributed by atoms with van der Waals surface area (Å²) in [6.45, 7) is 9.36. The van der Waals surface area contributed by atoms with E-state index in [1.807, 2.05) is 41.0 Å². The number of piperidine rings is 1. The van der Waals surface area contributed by atoms with Crippen molar-refractivity contribution >= 4 is 12.0 Å². The van der Waals surface area contributed by atoms with E-state index in [4.69, 9.17) is 9.84 Å². The molecule has 0 atom stereocenters. The molecule has 1 aromatic rings. The Bertz CT molecular complexity index is 642. The molecule has 0 bridgehead atoms. The van der Waals surface area contributed by atoms with Crippen LogP contribution in [0.3, 0.4) is 0 Å². The molecule has 28 heavy (non-hydrogen) atoms. The van der Waals surface area contributed by atoms with Gasteiger partial charge in [-0.1, -0.05) is 32.9 Å². The summed E-state index contributed by atoms with van der Waals surface area (Å²) in [7, 11) is 0. The molecular formula is C21H33N3O4. The van der Waals surface area contributed by atoms with E-state index in [0.29, 0.717) is 38.7 Å². The lowest BCUT2D eigenvalue weighted by molar-refractivity contribution is -0.139. The maximum absolute atomic E-state index is 12.5. The second-order valence-corrected chi connectivity index (χ2v) is 7.69. The highest BCUT2D eigenvalue weighted by molar-refractivity contribution is 5.74. The predicted octanol–water partition coefficient (Wildman–Crippen LogP) is 2.80. The van der Waals surface area contributed by atoms with Gasteiger partial charge in [0.15, 0.2) is 0 Å². The maximum Gasteiger partial charge on any atom is 0.317 e. The number of carbonyl (C=O) groups is 2. The van der Waals surface area contributed by atoms with Gasteiger partial charge in [0, 0.05) is 25.7 Å². The molecule has 1 heterocycles. The second-order valence-electron chi connectivity index (χ2n) is 7.69. The molecule has 1 fully saturated rings. The van der Waals surface area contributed by atoms with Crippen LogP contribution in [0, 0.1) is 5.92 Å². The molecule has 2 rings (SSSR count). The molecular weight excluding hydrogens is 358 g/mol. The smallest absolute Gasteiger partial charge is 0.317 e. The summed E-state index contributed by atoms with van der Waals surface area (Å²) in [5, 5.41) is 12.0. The lowest BCUT2D eigenvalue weighted by Gasteiger charge is -2.37. The van der Waals surface area contributed by atoms with Gasteiger partial charge in [-0.2, -0.15) is 0 Å². The van der Waals surface area contributed by atoms with E-state index in [1.54, 1.807) is 0 Å². The summed E-state index contributed by atoms with van der Waals surface area (Å²) in [4.78, 5) is 27.2.